The molecule has 0 bridgehead atoms. The number of amides is 2. The van der Waals surface area contributed by atoms with E-state index in [1.165, 1.54) is 17.0 Å². The highest BCUT2D eigenvalue weighted by Gasteiger charge is 2.35. The number of hydrogen-bond acceptors (Lipinski definition) is 5. The zero-order valence-electron chi connectivity index (χ0n) is 25.6. The van der Waals surface area contributed by atoms with Gasteiger partial charge in [0.25, 0.3) is 10.0 Å². The minimum absolute atomic E-state index is 0.00990. The lowest BCUT2D eigenvalue weighted by atomic mass is 10.0. The van der Waals surface area contributed by atoms with Crippen LogP contribution in [0.15, 0.2) is 114 Å². The third-order valence-electron chi connectivity index (χ3n) is 7.05. The summed E-state index contributed by atoms with van der Waals surface area (Å²) >= 11 is 6.54. The van der Waals surface area contributed by atoms with Gasteiger partial charge in [0.2, 0.25) is 11.8 Å². The Morgan fingerprint density at radius 2 is 1.44 bits per heavy atom. The van der Waals surface area contributed by atoms with E-state index in [0.29, 0.717) is 22.9 Å². The monoisotopic (exact) mass is 647 g/mol. The Morgan fingerprint density at radius 3 is 2.04 bits per heavy atom. The van der Waals surface area contributed by atoms with E-state index in [1.54, 1.807) is 66.7 Å². The Bertz CT molecular complexity index is 1670. The molecule has 10 heteroatoms. The first-order valence-corrected chi connectivity index (χ1v) is 16.6. The van der Waals surface area contributed by atoms with Crippen LogP contribution in [0.25, 0.3) is 0 Å². The van der Waals surface area contributed by atoms with Gasteiger partial charge in [0.1, 0.15) is 18.3 Å². The van der Waals surface area contributed by atoms with E-state index in [1.807, 2.05) is 51.1 Å². The minimum atomic E-state index is -4.19. The van der Waals surface area contributed by atoms with Gasteiger partial charge in [0.15, 0.2) is 0 Å². The summed E-state index contributed by atoms with van der Waals surface area (Å²) < 4.78 is 34.8. The molecule has 1 N–H and O–H groups in total. The number of benzene rings is 4. The first kappa shape index (κ1) is 33.6. The van der Waals surface area contributed by atoms with Crippen LogP contribution in [0.1, 0.15) is 31.9 Å². The minimum Gasteiger partial charge on any atom is -0.494 e. The number of sulfonamides is 1. The number of halogens is 1. The molecule has 4 aromatic carbocycles. The van der Waals surface area contributed by atoms with E-state index >= 15 is 0 Å². The molecular weight excluding hydrogens is 610 g/mol. The fourth-order valence-corrected chi connectivity index (χ4v) is 6.50. The average molecular weight is 648 g/mol. The molecule has 0 spiro atoms. The van der Waals surface area contributed by atoms with Crippen molar-refractivity contribution in [2.24, 2.45) is 0 Å². The van der Waals surface area contributed by atoms with Crippen LogP contribution >= 0.6 is 11.6 Å². The second-order valence-corrected chi connectivity index (χ2v) is 13.0. The molecule has 1 atom stereocenters. The first-order valence-electron chi connectivity index (χ1n) is 14.8. The van der Waals surface area contributed by atoms with Crippen molar-refractivity contribution in [1.29, 1.82) is 0 Å². The van der Waals surface area contributed by atoms with Crippen LogP contribution < -0.4 is 14.4 Å². The summed E-state index contributed by atoms with van der Waals surface area (Å²) in [5.41, 5.74) is 1.75. The van der Waals surface area contributed by atoms with E-state index in [-0.39, 0.29) is 35.5 Å². The van der Waals surface area contributed by atoms with Gasteiger partial charge in [-0.2, -0.15) is 0 Å². The molecule has 8 nitrogen and oxygen atoms in total. The zero-order chi connectivity index (χ0) is 32.4. The van der Waals surface area contributed by atoms with Crippen molar-refractivity contribution in [2.75, 3.05) is 17.5 Å². The number of rotatable bonds is 14. The lowest BCUT2D eigenvalue weighted by molar-refractivity contribution is -0.140. The number of ether oxygens (including phenoxy) is 1. The first-order chi connectivity index (χ1) is 21.6. The predicted octanol–water partition coefficient (Wildman–Crippen LogP) is 6.10. The fourth-order valence-electron chi connectivity index (χ4n) is 4.87. The standard InChI is InChI=1S/C35H38ClN3O5S/c1-4-44-30-21-19-29(20-22-30)39(45(42,43)31-16-9-6-10-17-31)25-34(40)38(24-28-15-11-12-18-32(28)36)33(35(41)37-26(2)3)23-27-13-7-5-8-14-27/h5-22,26,33H,4,23-25H2,1-3H3,(H,37,41)/t33-/m0/s1. The van der Waals surface area contributed by atoms with Crippen molar-refractivity contribution >= 4 is 39.1 Å². The van der Waals surface area contributed by atoms with Crippen molar-refractivity contribution in [3.05, 3.63) is 125 Å². The van der Waals surface area contributed by atoms with Gasteiger partial charge >= 0.3 is 0 Å². The summed E-state index contributed by atoms with van der Waals surface area (Å²) in [5.74, 6) is -0.353. The van der Waals surface area contributed by atoms with Crippen LogP contribution in [-0.2, 0) is 32.6 Å². The molecule has 0 aliphatic rings. The topological polar surface area (TPSA) is 96.0 Å². The molecule has 0 saturated heterocycles. The highest BCUT2D eigenvalue weighted by molar-refractivity contribution is 7.92. The van der Waals surface area contributed by atoms with Crippen molar-refractivity contribution in [1.82, 2.24) is 10.2 Å². The number of carbonyl (C=O) groups excluding carboxylic acids is 2. The molecule has 0 fully saturated rings. The van der Waals surface area contributed by atoms with E-state index in [4.69, 9.17) is 16.3 Å². The third kappa shape index (κ3) is 8.86. The van der Waals surface area contributed by atoms with Gasteiger partial charge in [-0.1, -0.05) is 78.3 Å². The summed E-state index contributed by atoms with van der Waals surface area (Å²) in [6.07, 6.45) is 0.212. The molecule has 0 aliphatic heterocycles. The lowest BCUT2D eigenvalue weighted by Gasteiger charge is -2.34. The Labute approximate surface area is 270 Å². The van der Waals surface area contributed by atoms with Crippen LogP contribution in [0.2, 0.25) is 5.02 Å². The molecule has 0 radical (unpaired) electrons. The van der Waals surface area contributed by atoms with Gasteiger partial charge < -0.3 is 15.0 Å². The summed E-state index contributed by atoms with van der Waals surface area (Å²) in [4.78, 5) is 29.7. The SMILES string of the molecule is CCOc1ccc(N(CC(=O)N(Cc2ccccc2Cl)[C@@H](Cc2ccccc2)C(=O)NC(C)C)S(=O)(=O)c2ccccc2)cc1. The van der Waals surface area contributed by atoms with Crippen molar-refractivity contribution in [3.8, 4) is 5.75 Å². The molecule has 236 valence electrons. The largest absolute Gasteiger partial charge is 0.494 e. The Morgan fingerprint density at radius 1 is 0.844 bits per heavy atom. The Kier molecular flexibility index (Phi) is 11.6. The highest BCUT2D eigenvalue weighted by atomic mass is 35.5. The molecule has 2 amide bonds. The van der Waals surface area contributed by atoms with Gasteiger partial charge in [0, 0.05) is 24.0 Å². The quantitative estimate of drug-likeness (QED) is 0.179. The van der Waals surface area contributed by atoms with E-state index in [9.17, 15) is 18.0 Å². The van der Waals surface area contributed by atoms with Crippen molar-refractivity contribution in [2.45, 2.75) is 50.7 Å². The molecule has 45 heavy (non-hydrogen) atoms. The van der Waals surface area contributed by atoms with Gasteiger partial charge in [-0.25, -0.2) is 8.42 Å². The van der Waals surface area contributed by atoms with Crippen LogP contribution in [0.5, 0.6) is 5.75 Å². The molecule has 0 saturated carbocycles. The van der Waals surface area contributed by atoms with Crippen molar-refractivity contribution in [3.63, 3.8) is 0 Å². The number of nitrogens with one attached hydrogen (secondary N) is 1. The van der Waals surface area contributed by atoms with E-state index in [0.717, 1.165) is 9.87 Å². The Balaban J connectivity index is 1.80. The summed E-state index contributed by atoms with van der Waals surface area (Å²) in [6, 6.07) is 29.8. The Hall–Kier alpha value is -4.34. The summed E-state index contributed by atoms with van der Waals surface area (Å²) in [5, 5.41) is 3.38. The number of nitrogens with zero attached hydrogens (tertiary/aromatic N) is 2. The van der Waals surface area contributed by atoms with Crippen LogP contribution in [0.4, 0.5) is 5.69 Å². The summed E-state index contributed by atoms with van der Waals surface area (Å²) in [6.45, 7) is 5.42. The second-order valence-electron chi connectivity index (χ2n) is 10.7. The maximum Gasteiger partial charge on any atom is 0.264 e. The number of anilines is 1. The average Bonchev–Trinajstić information content (AvgIpc) is 3.03. The highest BCUT2D eigenvalue weighted by Crippen LogP contribution is 2.27. The number of hydrogen-bond donors (Lipinski definition) is 1. The molecule has 0 heterocycles. The second kappa shape index (κ2) is 15.6. The molecule has 0 aromatic heterocycles. The fraction of sp³-hybridized carbons (Fsp3) is 0.257. The number of carbonyl (C=O) groups is 2. The summed E-state index contributed by atoms with van der Waals surface area (Å²) in [7, 11) is -4.19. The molecule has 0 unspecified atom stereocenters. The zero-order valence-corrected chi connectivity index (χ0v) is 27.2. The molecule has 4 rings (SSSR count). The maximum absolute atomic E-state index is 14.5. The van der Waals surface area contributed by atoms with Gasteiger partial charge in [-0.15, -0.1) is 0 Å². The van der Waals surface area contributed by atoms with Gasteiger partial charge in [-0.3, -0.25) is 13.9 Å². The van der Waals surface area contributed by atoms with Gasteiger partial charge in [0.05, 0.1) is 17.2 Å². The van der Waals surface area contributed by atoms with Crippen LogP contribution in [0.3, 0.4) is 0 Å². The third-order valence-corrected chi connectivity index (χ3v) is 9.20. The van der Waals surface area contributed by atoms with Crippen LogP contribution in [-0.4, -0.2) is 50.4 Å². The van der Waals surface area contributed by atoms with Crippen molar-refractivity contribution < 1.29 is 22.7 Å². The lowest BCUT2D eigenvalue weighted by Crippen LogP contribution is -2.54. The smallest absolute Gasteiger partial charge is 0.264 e. The van der Waals surface area contributed by atoms with Crippen LogP contribution in [0, 0.1) is 0 Å². The van der Waals surface area contributed by atoms with E-state index in [2.05, 4.69) is 5.32 Å². The molecular formula is C35H38ClN3O5S. The van der Waals surface area contributed by atoms with E-state index < -0.39 is 28.5 Å². The van der Waals surface area contributed by atoms with Gasteiger partial charge in [-0.05, 0) is 74.4 Å². The maximum atomic E-state index is 14.5. The molecule has 4 aromatic rings. The normalized spacial score (nSPS) is 11.9. The molecule has 0 aliphatic carbocycles. The predicted molar refractivity (Wildman–Crippen MR) is 178 cm³/mol.